The van der Waals surface area contributed by atoms with E-state index in [9.17, 15) is 0 Å². The second-order valence-corrected chi connectivity index (χ2v) is 8.69. The van der Waals surface area contributed by atoms with Crippen molar-refractivity contribution in [1.82, 2.24) is 9.80 Å². The molecule has 3 rings (SSSR count). The van der Waals surface area contributed by atoms with Gasteiger partial charge in [0.15, 0.2) is 0 Å². The van der Waals surface area contributed by atoms with Crippen molar-refractivity contribution in [3.63, 3.8) is 0 Å². The summed E-state index contributed by atoms with van der Waals surface area (Å²) in [4.78, 5) is 4.22. The van der Waals surface area contributed by atoms with Crippen LogP contribution in [0.25, 0.3) is 11.6 Å². The number of hydrogen-bond acceptors (Lipinski definition) is 5. The third-order valence-electron chi connectivity index (χ3n) is 5.33. The number of nitrogens with zero attached hydrogens (tertiary/aromatic N) is 2. The third-order valence-corrected chi connectivity index (χ3v) is 5.33. The molecule has 0 atom stereocenters. The first-order valence-electron chi connectivity index (χ1n) is 11.6. The number of rotatable bonds is 12. The van der Waals surface area contributed by atoms with Crippen LogP contribution in [0.15, 0.2) is 72.8 Å². The van der Waals surface area contributed by atoms with Crippen LogP contribution in [0, 0.1) is 0 Å². The van der Waals surface area contributed by atoms with Crippen LogP contribution in [0.2, 0.25) is 0 Å². The van der Waals surface area contributed by atoms with Gasteiger partial charge in [-0.3, -0.25) is 0 Å². The molecular weight excluding hydrogens is 424 g/mol. The van der Waals surface area contributed by atoms with E-state index in [-0.39, 0.29) is 0 Å². The van der Waals surface area contributed by atoms with Crippen LogP contribution in [0.1, 0.15) is 16.7 Å². The Morgan fingerprint density at radius 3 is 1.85 bits per heavy atom. The smallest absolute Gasteiger partial charge is 0.119 e. The summed E-state index contributed by atoms with van der Waals surface area (Å²) >= 11 is 0. The quantitative estimate of drug-likeness (QED) is 0.349. The fraction of sp³-hybridized carbons (Fsp3) is 0.310. The number of benzene rings is 3. The maximum Gasteiger partial charge on any atom is 0.119 e. The largest absolute Gasteiger partial charge is 0.497 e. The lowest BCUT2D eigenvalue weighted by Crippen LogP contribution is -2.19. The minimum Gasteiger partial charge on any atom is -0.497 e. The molecule has 34 heavy (non-hydrogen) atoms. The standard InChI is InChI=1S/C29H36N2O3/c1-30(2)16-18-33-27-10-6-8-23(20-27)21-29(24-12-14-26(32-5)15-13-24)25-9-7-11-28(22-25)34-19-17-31(3)4/h6-15,20-22H,16-19H2,1-5H3/b29-21-. The van der Waals surface area contributed by atoms with Crippen LogP contribution >= 0.6 is 0 Å². The molecule has 3 aromatic carbocycles. The topological polar surface area (TPSA) is 34.2 Å². The van der Waals surface area contributed by atoms with Crippen molar-refractivity contribution >= 4 is 11.6 Å². The van der Waals surface area contributed by atoms with Gasteiger partial charge < -0.3 is 24.0 Å². The molecule has 5 nitrogen and oxygen atoms in total. The van der Waals surface area contributed by atoms with Crippen molar-refractivity contribution in [2.75, 3.05) is 61.6 Å². The van der Waals surface area contributed by atoms with Gasteiger partial charge in [0.05, 0.1) is 7.11 Å². The zero-order valence-corrected chi connectivity index (χ0v) is 21.0. The fourth-order valence-corrected chi connectivity index (χ4v) is 3.41. The lowest BCUT2D eigenvalue weighted by Gasteiger charge is -2.14. The molecule has 0 aliphatic rings. The molecule has 0 aromatic heterocycles. The molecule has 0 fully saturated rings. The van der Waals surface area contributed by atoms with E-state index in [1.54, 1.807) is 7.11 Å². The maximum atomic E-state index is 6.00. The number of hydrogen-bond donors (Lipinski definition) is 0. The summed E-state index contributed by atoms with van der Waals surface area (Å²) in [7, 11) is 9.86. The maximum absolute atomic E-state index is 6.00. The molecule has 5 heteroatoms. The molecule has 180 valence electrons. The van der Waals surface area contributed by atoms with E-state index >= 15 is 0 Å². The highest BCUT2D eigenvalue weighted by Gasteiger charge is 2.09. The van der Waals surface area contributed by atoms with E-state index in [4.69, 9.17) is 14.2 Å². The van der Waals surface area contributed by atoms with Crippen LogP contribution in [0.5, 0.6) is 17.2 Å². The Balaban J connectivity index is 1.93. The van der Waals surface area contributed by atoms with Gasteiger partial charge in [-0.25, -0.2) is 0 Å². The van der Waals surface area contributed by atoms with Crippen molar-refractivity contribution in [1.29, 1.82) is 0 Å². The molecular formula is C29H36N2O3. The van der Waals surface area contributed by atoms with Gasteiger partial charge in [-0.1, -0.05) is 36.4 Å². The molecule has 0 aliphatic heterocycles. The van der Waals surface area contributed by atoms with Crippen molar-refractivity contribution in [3.05, 3.63) is 89.5 Å². The van der Waals surface area contributed by atoms with Gasteiger partial charge in [0.25, 0.3) is 0 Å². The van der Waals surface area contributed by atoms with Gasteiger partial charge in [-0.05, 0) is 92.9 Å². The first kappa shape index (κ1) is 25.3. The highest BCUT2D eigenvalue weighted by molar-refractivity contribution is 5.92. The molecule has 0 bridgehead atoms. The lowest BCUT2D eigenvalue weighted by molar-refractivity contribution is 0.261. The minimum atomic E-state index is 0.643. The fourth-order valence-electron chi connectivity index (χ4n) is 3.41. The first-order valence-corrected chi connectivity index (χ1v) is 11.6. The number of methoxy groups -OCH3 is 1. The average molecular weight is 461 g/mol. The van der Waals surface area contributed by atoms with Gasteiger partial charge >= 0.3 is 0 Å². The third kappa shape index (κ3) is 7.94. The molecule has 0 saturated carbocycles. The highest BCUT2D eigenvalue weighted by atomic mass is 16.5. The van der Waals surface area contributed by atoms with Crippen molar-refractivity contribution in [2.24, 2.45) is 0 Å². The summed E-state index contributed by atoms with van der Waals surface area (Å²) in [6.07, 6.45) is 2.19. The monoisotopic (exact) mass is 460 g/mol. The molecule has 0 radical (unpaired) electrons. The van der Waals surface area contributed by atoms with E-state index in [0.717, 1.165) is 52.6 Å². The molecule has 0 aliphatic carbocycles. The van der Waals surface area contributed by atoms with Crippen LogP contribution in [0.4, 0.5) is 0 Å². The van der Waals surface area contributed by atoms with Crippen LogP contribution in [-0.4, -0.2) is 71.4 Å². The molecule has 0 unspecified atom stereocenters. The summed E-state index contributed by atoms with van der Waals surface area (Å²) in [6.45, 7) is 3.03. The van der Waals surface area contributed by atoms with E-state index < -0.39 is 0 Å². The summed E-state index contributed by atoms with van der Waals surface area (Å²) in [5.74, 6) is 2.56. The summed E-state index contributed by atoms with van der Waals surface area (Å²) in [5.41, 5.74) is 4.37. The van der Waals surface area contributed by atoms with Gasteiger partial charge in [0.1, 0.15) is 30.5 Å². The molecule has 0 N–H and O–H groups in total. The first-order chi connectivity index (χ1) is 16.4. The zero-order valence-electron chi connectivity index (χ0n) is 21.0. The van der Waals surface area contributed by atoms with Crippen molar-refractivity contribution in [3.8, 4) is 17.2 Å². The van der Waals surface area contributed by atoms with Gasteiger partial charge in [-0.15, -0.1) is 0 Å². The number of ether oxygens (including phenoxy) is 3. The SMILES string of the molecule is COc1ccc(/C(=C/c2cccc(OCCN(C)C)c2)c2cccc(OCCN(C)C)c2)cc1. The van der Waals surface area contributed by atoms with Crippen molar-refractivity contribution < 1.29 is 14.2 Å². The van der Waals surface area contributed by atoms with Gasteiger partial charge in [0, 0.05) is 13.1 Å². The lowest BCUT2D eigenvalue weighted by atomic mass is 9.95. The minimum absolute atomic E-state index is 0.643. The van der Waals surface area contributed by atoms with Gasteiger partial charge in [0.2, 0.25) is 0 Å². The second kappa shape index (κ2) is 12.8. The van der Waals surface area contributed by atoms with E-state index in [1.165, 1.54) is 0 Å². The normalized spacial score (nSPS) is 11.7. The van der Waals surface area contributed by atoms with E-state index in [2.05, 4.69) is 52.3 Å². The van der Waals surface area contributed by atoms with E-state index in [1.807, 2.05) is 64.6 Å². The Morgan fingerprint density at radius 1 is 0.676 bits per heavy atom. The predicted molar refractivity (Wildman–Crippen MR) is 141 cm³/mol. The average Bonchev–Trinajstić information content (AvgIpc) is 2.83. The van der Waals surface area contributed by atoms with Crippen LogP contribution in [0.3, 0.4) is 0 Å². The molecule has 3 aromatic rings. The molecule has 0 heterocycles. The Hall–Kier alpha value is -3.28. The number of likely N-dealkylation sites (N-methyl/N-ethyl adjacent to an activating group) is 2. The Morgan fingerprint density at radius 2 is 1.26 bits per heavy atom. The van der Waals surface area contributed by atoms with Crippen LogP contribution in [-0.2, 0) is 0 Å². The van der Waals surface area contributed by atoms with Gasteiger partial charge in [-0.2, -0.15) is 0 Å². The van der Waals surface area contributed by atoms with Crippen LogP contribution < -0.4 is 14.2 Å². The Labute approximate surface area is 204 Å². The Kier molecular flexibility index (Phi) is 9.56. The Bertz CT molecular complexity index is 1060. The highest BCUT2D eigenvalue weighted by Crippen LogP contribution is 2.30. The van der Waals surface area contributed by atoms with E-state index in [0.29, 0.717) is 13.2 Å². The summed E-state index contributed by atoms with van der Waals surface area (Å²) in [5, 5.41) is 0. The molecule has 0 spiro atoms. The molecule has 0 saturated heterocycles. The summed E-state index contributed by atoms with van der Waals surface area (Å²) in [6, 6.07) is 24.6. The zero-order chi connectivity index (χ0) is 24.3. The van der Waals surface area contributed by atoms with Crippen molar-refractivity contribution in [2.45, 2.75) is 0 Å². The predicted octanol–water partition coefficient (Wildman–Crippen LogP) is 5.16. The summed E-state index contributed by atoms with van der Waals surface area (Å²) < 4.78 is 17.3. The second-order valence-electron chi connectivity index (χ2n) is 8.69. The molecule has 0 amide bonds.